The number of carbonyl (C=O) groups is 1. The number of nitrogens with zero attached hydrogens (tertiary/aromatic N) is 1. The van der Waals surface area contributed by atoms with Crippen LogP contribution in [0.3, 0.4) is 0 Å². The topological polar surface area (TPSA) is 80.0 Å². The van der Waals surface area contributed by atoms with Crippen molar-refractivity contribution in [2.75, 3.05) is 5.43 Å². The number of rotatable bonds is 4. The lowest BCUT2D eigenvalue weighted by Gasteiger charge is -2.09. The number of nitrogens with two attached hydrogens (primary N) is 1. The zero-order chi connectivity index (χ0) is 13.8. The Hall–Kier alpha value is -0.960. The van der Waals surface area contributed by atoms with E-state index in [1.807, 2.05) is 11.4 Å². The van der Waals surface area contributed by atoms with Crippen molar-refractivity contribution in [3.8, 4) is 0 Å². The van der Waals surface area contributed by atoms with Crippen LogP contribution < -0.4 is 16.6 Å². The standard InChI is InChI=1S/C11H10Br2N4OS/c12-6-3-7(10(17-14)15-4-6)11(18)16-5-9-8(13)1-2-19-9/h1-4H,5,14H2,(H,15,17)(H,16,18). The molecule has 8 heteroatoms. The van der Waals surface area contributed by atoms with Gasteiger partial charge in [-0.25, -0.2) is 10.8 Å². The molecule has 0 aromatic carbocycles. The smallest absolute Gasteiger partial charge is 0.255 e. The number of halogens is 2. The molecule has 2 aromatic rings. The van der Waals surface area contributed by atoms with E-state index >= 15 is 0 Å². The van der Waals surface area contributed by atoms with Gasteiger partial charge in [0.1, 0.15) is 0 Å². The van der Waals surface area contributed by atoms with Crippen molar-refractivity contribution >= 4 is 54.9 Å². The molecule has 0 fully saturated rings. The van der Waals surface area contributed by atoms with Crippen LogP contribution in [0.2, 0.25) is 0 Å². The normalized spacial score (nSPS) is 10.3. The number of hydrogen-bond acceptors (Lipinski definition) is 5. The van der Waals surface area contributed by atoms with Crippen LogP contribution in [0, 0.1) is 0 Å². The van der Waals surface area contributed by atoms with Crippen LogP contribution in [0.1, 0.15) is 15.2 Å². The first-order valence-electron chi connectivity index (χ1n) is 5.24. The first-order chi connectivity index (χ1) is 9.11. The molecule has 0 radical (unpaired) electrons. The summed E-state index contributed by atoms with van der Waals surface area (Å²) in [5.74, 6) is 5.44. The Morgan fingerprint density at radius 3 is 2.89 bits per heavy atom. The quantitative estimate of drug-likeness (QED) is 0.539. The number of aromatic nitrogens is 1. The summed E-state index contributed by atoms with van der Waals surface area (Å²) in [5.41, 5.74) is 2.80. The zero-order valence-corrected chi connectivity index (χ0v) is 13.6. The summed E-state index contributed by atoms with van der Waals surface area (Å²) in [6.07, 6.45) is 1.57. The van der Waals surface area contributed by atoms with Gasteiger partial charge in [-0.15, -0.1) is 11.3 Å². The Bertz CT molecular complexity index is 602. The highest BCUT2D eigenvalue weighted by molar-refractivity contribution is 9.10. The highest BCUT2D eigenvalue weighted by Crippen LogP contribution is 2.23. The van der Waals surface area contributed by atoms with E-state index in [-0.39, 0.29) is 5.91 Å². The molecule has 0 aliphatic rings. The van der Waals surface area contributed by atoms with E-state index in [0.29, 0.717) is 22.4 Å². The summed E-state index contributed by atoms with van der Waals surface area (Å²) in [6, 6.07) is 3.61. The number of thiophene rings is 1. The van der Waals surface area contributed by atoms with Crippen LogP contribution >= 0.6 is 43.2 Å². The lowest BCUT2D eigenvalue weighted by Crippen LogP contribution is -2.25. The molecule has 0 bridgehead atoms. The molecular formula is C11H10Br2N4OS. The van der Waals surface area contributed by atoms with Gasteiger partial charge < -0.3 is 10.7 Å². The largest absolute Gasteiger partial charge is 0.347 e. The predicted octanol–water partition coefficient (Wildman–Crippen LogP) is 2.88. The molecule has 0 aliphatic carbocycles. The van der Waals surface area contributed by atoms with Gasteiger partial charge in [-0.05, 0) is 49.4 Å². The van der Waals surface area contributed by atoms with E-state index in [2.05, 4.69) is 47.6 Å². The SMILES string of the molecule is NNc1ncc(Br)cc1C(=O)NCc1sccc1Br. The molecule has 0 aliphatic heterocycles. The molecule has 0 spiro atoms. The maximum absolute atomic E-state index is 12.1. The number of pyridine rings is 1. The zero-order valence-electron chi connectivity index (χ0n) is 9.61. The third-order valence-corrected chi connectivity index (χ3v) is 4.70. The van der Waals surface area contributed by atoms with Crippen LogP contribution in [0.15, 0.2) is 32.7 Å². The molecule has 1 amide bonds. The molecular weight excluding hydrogens is 396 g/mol. The Morgan fingerprint density at radius 2 is 2.26 bits per heavy atom. The van der Waals surface area contributed by atoms with Crippen LogP contribution in [-0.2, 0) is 6.54 Å². The van der Waals surface area contributed by atoms with E-state index in [9.17, 15) is 4.79 Å². The minimum absolute atomic E-state index is 0.234. The second-order valence-corrected chi connectivity index (χ2v) is 6.34. The van der Waals surface area contributed by atoms with Crippen molar-refractivity contribution in [2.24, 2.45) is 5.84 Å². The molecule has 4 N–H and O–H groups in total. The number of hydrazine groups is 1. The molecule has 0 unspecified atom stereocenters. The highest BCUT2D eigenvalue weighted by atomic mass is 79.9. The number of carbonyl (C=O) groups excluding carboxylic acids is 1. The Labute approximate surface area is 130 Å². The van der Waals surface area contributed by atoms with Crippen molar-refractivity contribution in [3.05, 3.63) is 43.1 Å². The van der Waals surface area contributed by atoms with Crippen LogP contribution in [0.4, 0.5) is 5.82 Å². The predicted molar refractivity (Wildman–Crippen MR) is 82.9 cm³/mol. The fraction of sp³-hybridized carbons (Fsp3) is 0.0909. The van der Waals surface area contributed by atoms with Crippen molar-refractivity contribution in [1.29, 1.82) is 0 Å². The molecule has 2 rings (SSSR count). The number of amides is 1. The van der Waals surface area contributed by atoms with Crippen LogP contribution in [0.25, 0.3) is 0 Å². The molecule has 0 saturated carbocycles. The summed E-state index contributed by atoms with van der Waals surface area (Å²) in [5, 5.41) is 4.79. The van der Waals surface area contributed by atoms with E-state index in [1.54, 1.807) is 23.6 Å². The van der Waals surface area contributed by atoms with Gasteiger partial charge in [-0.1, -0.05) is 0 Å². The summed E-state index contributed by atoms with van der Waals surface area (Å²) >= 11 is 8.27. The summed E-state index contributed by atoms with van der Waals surface area (Å²) in [6.45, 7) is 0.452. The minimum atomic E-state index is -0.234. The molecule has 100 valence electrons. The third-order valence-electron chi connectivity index (χ3n) is 2.34. The number of hydrogen-bond donors (Lipinski definition) is 3. The minimum Gasteiger partial charge on any atom is -0.347 e. The molecule has 19 heavy (non-hydrogen) atoms. The van der Waals surface area contributed by atoms with Gasteiger partial charge in [0.05, 0.1) is 12.1 Å². The number of nitrogen functional groups attached to an aromatic ring is 1. The summed E-state index contributed by atoms with van der Waals surface area (Å²) in [4.78, 5) is 17.2. The van der Waals surface area contributed by atoms with Gasteiger partial charge in [-0.3, -0.25) is 4.79 Å². The van der Waals surface area contributed by atoms with Crippen molar-refractivity contribution in [2.45, 2.75) is 6.54 Å². The highest BCUT2D eigenvalue weighted by Gasteiger charge is 2.13. The average Bonchev–Trinajstić information content (AvgIpc) is 2.81. The third kappa shape index (κ3) is 3.53. The van der Waals surface area contributed by atoms with Crippen molar-refractivity contribution in [1.82, 2.24) is 10.3 Å². The summed E-state index contributed by atoms with van der Waals surface area (Å²) in [7, 11) is 0. The molecule has 0 saturated heterocycles. The first-order valence-corrected chi connectivity index (χ1v) is 7.70. The van der Waals surface area contributed by atoms with Gasteiger partial charge >= 0.3 is 0 Å². The molecule has 0 atom stereocenters. The number of nitrogens with one attached hydrogen (secondary N) is 2. The fourth-order valence-corrected chi connectivity index (χ4v) is 3.20. The Morgan fingerprint density at radius 1 is 1.47 bits per heavy atom. The van der Waals surface area contributed by atoms with Gasteiger partial charge in [0.25, 0.3) is 5.91 Å². The second kappa shape index (κ2) is 6.47. The van der Waals surface area contributed by atoms with Crippen LogP contribution in [0.5, 0.6) is 0 Å². The van der Waals surface area contributed by atoms with Gasteiger partial charge in [-0.2, -0.15) is 0 Å². The second-order valence-electron chi connectivity index (χ2n) is 3.57. The fourth-order valence-electron chi connectivity index (χ4n) is 1.43. The molecule has 2 heterocycles. The first kappa shape index (κ1) is 14.4. The lowest BCUT2D eigenvalue weighted by atomic mass is 10.2. The van der Waals surface area contributed by atoms with E-state index in [4.69, 9.17) is 5.84 Å². The maximum Gasteiger partial charge on any atom is 0.255 e. The van der Waals surface area contributed by atoms with Gasteiger partial charge in [0.2, 0.25) is 0 Å². The molecule has 5 nitrogen and oxygen atoms in total. The maximum atomic E-state index is 12.1. The number of anilines is 1. The Kier molecular flexibility index (Phi) is 4.92. The summed E-state index contributed by atoms with van der Waals surface area (Å²) < 4.78 is 1.70. The van der Waals surface area contributed by atoms with Gasteiger partial charge in [0, 0.05) is 20.0 Å². The van der Waals surface area contributed by atoms with E-state index in [1.165, 1.54) is 0 Å². The molecule has 2 aromatic heterocycles. The lowest BCUT2D eigenvalue weighted by molar-refractivity contribution is 0.0951. The average molecular weight is 406 g/mol. The van der Waals surface area contributed by atoms with Crippen molar-refractivity contribution in [3.63, 3.8) is 0 Å². The Balaban J connectivity index is 2.12. The van der Waals surface area contributed by atoms with Gasteiger partial charge in [0.15, 0.2) is 5.82 Å². The van der Waals surface area contributed by atoms with E-state index < -0.39 is 0 Å². The van der Waals surface area contributed by atoms with Crippen molar-refractivity contribution < 1.29 is 4.79 Å². The van der Waals surface area contributed by atoms with Crippen LogP contribution in [-0.4, -0.2) is 10.9 Å². The monoisotopic (exact) mass is 404 g/mol. The van der Waals surface area contributed by atoms with E-state index in [0.717, 1.165) is 9.35 Å².